The largest absolute Gasteiger partial charge is 0.354 e. The van der Waals surface area contributed by atoms with E-state index in [0.717, 1.165) is 17.5 Å². The number of hydrogen-bond donors (Lipinski definition) is 2. The van der Waals surface area contributed by atoms with E-state index >= 15 is 0 Å². The first-order valence-corrected chi connectivity index (χ1v) is 8.35. The van der Waals surface area contributed by atoms with Crippen molar-refractivity contribution in [2.45, 2.75) is 18.4 Å². The van der Waals surface area contributed by atoms with Crippen molar-refractivity contribution in [2.24, 2.45) is 11.7 Å². The van der Waals surface area contributed by atoms with Crippen molar-refractivity contribution < 1.29 is 4.79 Å². The number of benzene rings is 2. The Morgan fingerprint density at radius 3 is 2.65 bits per heavy atom. The minimum absolute atomic E-state index is 0.0254. The van der Waals surface area contributed by atoms with Gasteiger partial charge in [0.2, 0.25) is 5.91 Å². The summed E-state index contributed by atoms with van der Waals surface area (Å²) in [6.45, 7) is 0.426. The van der Waals surface area contributed by atoms with Gasteiger partial charge in [-0.25, -0.2) is 0 Å². The quantitative estimate of drug-likeness (QED) is 0.860. The summed E-state index contributed by atoms with van der Waals surface area (Å²) in [7, 11) is 0. The minimum atomic E-state index is -0.202. The minimum Gasteiger partial charge on any atom is -0.354 e. The van der Waals surface area contributed by atoms with Gasteiger partial charge in [-0.3, -0.25) is 4.79 Å². The van der Waals surface area contributed by atoms with Crippen LogP contribution in [0.2, 0.25) is 10.0 Å². The van der Waals surface area contributed by atoms with Crippen molar-refractivity contribution in [3.05, 3.63) is 69.7 Å². The zero-order chi connectivity index (χ0) is 16.4. The number of carbonyl (C=O) groups is 1. The van der Waals surface area contributed by atoms with Crippen LogP contribution in [0, 0.1) is 5.92 Å². The normalized spacial score (nSPS) is 20.8. The number of rotatable bonds is 5. The second-order valence-corrected chi connectivity index (χ2v) is 6.64. The highest BCUT2D eigenvalue weighted by molar-refractivity contribution is 6.42. The summed E-state index contributed by atoms with van der Waals surface area (Å²) in [6.07, 6.45) is 0.798. The molecule has 0 heterocycles. The SMILES string of the molecule is NC(CNC(=O)C1CC1c1cccc(Cl)c1Cl)c1ccccc1. The molecular weight excluding hydrogens is 331 g/mol. The van der Waals surface area contributed by atoms with Crippen molar-refractivity contribution in [1.82, 2.24) is 5.32 Å². The summed E-state index contributed by atoms with van der Waals surface area (Å²) < 4.78 is 0. The lowest BCUT2D eigenvalue weighted by molar-refractivity contribution is -0.122. The highest BCUT2D eigenvalue weighted by Crippen LogP contribution is 2.50. The maximum Gasteiger partial charge on any atom is 0.223 e. The Kier molecular flexibility index (Phi) is 4.90. The Labute approximate surface area is 145 Å². The molecule has 0 aromatic heterocycles. The van der Waals surface area contributed by atoms with E-state index in [9.17, 15) is 4.79 Å². The predicted octanol–water partition coefficient (Wildman–Crippen LogP) is 3.91. The standard InChI is InChI=1S/C18H18Cl2N2O/c19-15-8-4-7-12(17(15)20)13-9-14(13)18(23)22-10-16(21)11-5-2-1-3-6-11/h1-8,13-14,16H,9-10,21H2,(H,22,23). The van der Waals surface area contributed by atoms with E-state index in [-0.39, 0.29) is 23.8 Å². The molecule has 3 atom stereocenters. The lowest BCUT2D eigenvalue weighted by Gasteiger charge is -2.13. The molecule has 120 valence electrons. The van der Waals surface area contributed by atoms with Gasteiger partial charge in [-0.15, -0.1) is 0 Å². The molecule has 1 amide bonds. The topological polar surface area (TPSA) is 55.1 Å². The molecule has 0 spiro atoms. The summed E-state index contributed by atoms with van der Waals surface area (Å²) in [6, 6.07) is 15.1. The summed E-state index contributed by atoms with van der Waals surface area (Å²) in [5.74, 6) is 0.125. The van der Waals surface area contributed by atoms with Crippen molar-refractivity contribution in [1.29, 1.82) is 0 Å². The second-order valence-electron chi connectivity index (χ2n) is 5.85. The van der Waals surface area contributed by atoms with Gasteiger partial charge in [-0.2, -0.15) is 0 Å². The van der Waals surface area contributed by atoms with E-state index < -0.39 is 0 Å². The monoisotopic (exact) mass is 348 g/mol. The zero-order valence-corrected chi connectivity index (χ0v) is 14.0. The molecule has 0 saturated heterocycles. The number of nitrogens with two attached hydrogens (primary N) is 1. The van der Waals surface area contributed by atoms with E-state index in [4.69, 9.17) is 28.9 Å². The van der Waals surface area contributed by atoms with Gasteiger partial charge >= 0.3 is 0 Å². The van der Waals surface area contributed by atoms with Gasteiger partial charge in [0.15, 0.2) is 0 Å². The molecule has 3 nitrogen and oxygen atoms in total. The van der Waals surface area contributed by atoms with Crippen LogP contribution < -0.4 is 11.1 Å². The number of amides is 1. The van der Waals surface area contributed by atoms with E-state index in [1.165, 1.54) is 0 Å². The lowest BCUT2D eigenvalue weighted by atomic mass is 10.1. The second kappa shape index (κ2) is 6.91. The smallest absolute Gasteiger partial charge is 0.223 e. The van der Waals surface area contributed by atoms with Crippen molar-refractivity contribution >= 4 is 29.1 Å². The summed E-state index contributed by atoms with van der Waals surface area (Å²) in [5.41, 5.74) is 8.06. The first-order chi connectivity index (χ1) is 11.1. The fourth-order valence-corrected chi connectivity index (χ4v) is 3.24. The summed E-state index contributed by atoms with van der Waals surface area (Å²) >= 11 is 12.3. The fourth-order valence-electron chi connectivity index (χ4n) is 2.80. The van der Waals surface area contributed by atoms with Crippen molar-refractivity contribution in [2.75, 3.05) is 6.54 Å². The van der Waals surface area contributed by atoms with Gasteiger partial charge in [0.25, 0.3) is 0 Å². The lowest BCUT2D eigenvalue weighted by Crippen LogP contribution is -2.33. The van der Waals surface area contributed by atoms with Gasteiger partial charge in [0.1, 0.15) is 0 Å². The van der Waals surface area contributed by atoms with Gasteiger partial charge < -0.3 is 11.1 Å². The van der Waals surface area contributed by atoms with Crippen LogP contribution in [-0.2, 0) is 4.79 Å². The number of hydrogen-bond acceptors (Lipinski definition) is 2. The predicted molar refractivity (Wildman–Crippen MR) is 93.7 cm³/mol. The number of halogens is 2. The van der Waals surface area contributed by atoms with Crippen molar-refractivity contribution in [3.63, 3.8) is 0 Å². The van der Waals surface area contributed by atoms with Crippen molar-refractivity contribution in [3.8, 4) is 0 Å². The molecule has 0 radical (unpaired) electrons. The average Bonchev–Trinajstić information content (AvgIpc) is 3.36. The van der Waals surface area contributed by atoms with Gasteiger partial charge in [-0.1, -0.05) is 65.7 Å². The molecule has 1 saturated carbocycles. The molecule has 5 heteroatoms. The number of carbonyl (C=O) groups excluding carboxylic acids is 1. The van der Waals surface area contributed by atoms with Crippen LogP contribution in [0.3, 0.4) is 0 Å². The van der Waals surface area contributed by atoms with Crippen LogP contribution in [0.25, 0.3) is 0 Å². The Hall–Kier alpha value is -1.55. The summed E-state index contributed by atoms with van der Waals surface area (Å²) in [5, 5.41) is 4.02. The molecule has 1 aliphatic carbocycles. The van der Waals surface area contributed by atoms with Gasteiger partial charge in [0, 0.05) is 18.5 Å². The third kappa shape index (κ3) is 3.69. The molecular formula is C18H18Cl2N2O. The van der Waals surface area contributed by atoms with Crippen LogP contribution in [0.1, 0.15) is 29.5 Å². The van der Waals surface area contributed by atoms with Crippen LogP contribution in [0.4, 0.5) is 0 Å². The first-order valence-electron chi connectivity index (χ1n) is 7.60. The molecule has 3 rings (SSSR count). The van der Waals surface area contributed by atoms with Crippen LogP contribution in [0.15, 0.2) is 48.5 Å². The Morgan fingerprint density at radius 1 is 1.17 bits per heavy atom. The van der Waals surface area contributed by atoms with E-state index in [0.29, 0.717) is 16.6 Å². The van der Waals surface area contributed by atoms with Gasteiger partial charge in [-0.05, 0) is 29.5 Å². The molecule has 1 fully saturated rings. The third-order valence-corrected chi connectivity index (χ3v) is 5.07. The molecule has 3 unspecified atom stereocenters. The van der Waals surface area contributed by atoms with Crippen LogP contribution >= 0.6 is 23.2 Å². The first kappa shape index (κ1) is 16.3. The molecule has 2 aromatic rings. The van der Waals surface area contributed by atoms with E-state index in [2.05, 4.69) is 5.32 Å². The Balaban J connectivity index is 1.56. The maximum atomic E-state index is 12.3. The third-order valence-electron chi connectivity index (χ3n) is 4.23. The highest BCUT2D eigenvalue weighted by Gasteiger charge is 2.45. The molecule has 0 bridgehead atoms. The summed E-state index contributed by atoms with van der Waals surface area (Å²) in [4.78, 5) is 12.3. The Bertz CT molecular complexity index is 705. The van der Waals surface area contributed by atoms with E-state index in [1.807, 2.05) is 42.5 Å². The van der Waals surface area contributed by atoms with Crippen LogP contribution in [-0.4, -0.2) is 12.5 Å². The average molecular weight is 349 g/mol. The van der Waals surface area contributed by atoms with E-state index in [1.54, 1.807) is 6.07 Å². The van der Waals surface area contributed by atoms with Gasteiger partial charge in [0.05, 0.1) is 10.0 Å². The fraction of sp³-hybridized carbons (Fsp3) is 0.278. The highest BCUT2D eigenvalue weighted by atomic mass is 35.5. The maximum absolute atomic E-state index is 12.3. The molecule has 2 aromatic carbocycles. The molecule has 1 aliphatic rings. The zero-order valence-electron chi connectivity index (χ0n) is 12.5. The van der Waals surface area contributed by atoms with Crippen LogP contribution in [0.5, 0.6) is 0 Å². The molecule has 3 N–H and O–H groups in total. The number of nitrogens with one attached hydrogen (secondary N) is 1. The molecule has 23 heavy (non-hydrogen) atoms. The molecule has 0 aliphatic heterocycles. The Morgan fingerprint density at radius 2 is 1.91 bits per heavy atom.